The normalized spacial score (nSPS) is 18.7. The van der Waals surface area contributed by atoms with E-state index in [0.29, 0.717) is 24.4 Å². The van der Waals surface area contributed by atoms with Crippen LogP contribution in [-0.2, 0) is 11.3 Å². The van der Waals surface area contributed by atoms with Crippen molar-refractivity contribution in [2.45, 2.75) is 19.0 Å². The summed E-state index contributed by atoms with van der Waals surface area (Å²) in [6, 6.07) is 4.93. The molecule has 6 nitrogen and oxygen atoms in total. The second kappa shape index (κ2) is 5.06. The van der Waals surface area contributed by atoms with Gasteiger partial charge >= 0.3 is 6.09 Å². The third kappa shape index (κ3) is 2.60. The van der Waals surface area contributed by atoms with Crippen molar-refractivity contribution in [3.05, 3.63) is 21.9 Å². The lowest BCUT2D eigenvalue weighted by atomic mass is 10.2. The zero-order chi connectivity index (χ0) is 13.1. The Morgan fingerprint density at radius 2 is 2.44 bits per heavy atom. The highest BCUT2D eigenvalue weighted by molar-refractivity contribution is 7.12. The van der Waals surface area contributed by atoms with Crippen molar-refractivity contribution >= 4 is 23.3 Å². The van der Waals surface area contributed by atoms with Crippen LogP contribution in [0.2, 0.25) is 0 Å². The van der Waals surface area contributed by atoms with E-state index >= 15 is 0 Å². The monoisotopic (exact) mass is 265 g/mol. The predicted molar refractivity (Wildman–Crippen MR) is 64.0 cm³/mol. The van der Waals surface area contributed by atoms with Crippen LogP contribution in [0.5, 0.6) is 0 Å². The number of likely N-dealkylation sites (tertiary alicyclic amines) is 1. The van der Waals surface area contributed by atoms with Crippen molar-refractivity contribution in [2.24, 2.45) is 0 Å². The topological polar surface area (TPSA) is 93.4 Å². The fourth-order valence-corrected chi connectivity index (χ4v) is 2.71. The first-order chi connectivity index (χ1) is 8.60. The summed E-state index contributed by atoms with van der Waals surface area (Å²) in [4.78, 5) is 25.5. The number of carbonyl (C=O) groups excluding carboxylic acids is 1. The summed E-state index contributed by atoms with van der Waals surface area (Å²) in [5.41, 5.74) is 0. The third-order valence-electron chi connectivity index (χ3n) is 2.71. The van der Waals surface area contributed by atoms with Gasteiger partial charge in [-0.05, 0) is 18.6 Å². The number of nitrogens with one attached hydrogen (secondary N) is 1. The lowest BCUT2D eigenvalue weighted by Gasteiger charge is -2.15. The number of hydrogen-bond donors (Lipinski definition) is 2. The van der Waals surface area contributed by atoms with E-state index in [1.165, 1.54) is 11.3 Å². The molecule has 0 saturated carbocycles. The largest absolute Gasteiger partial charge is 0.465 e. The molecule has 0 bridgehead atoms. The summed E-state index contributed by atoms with van der Waals surface area (Å²) in [5.74, 6) is -0.204. The number of nitrogens with zero attached hydrogens (tertiary/aromatic N) is 2. The van der Waals surface area contributed by atoms with Gasteiger partial charge in [-0.25, -0.2) is 4.79 Å². The summed E-state index contributed by atoms with van der Waals surface area (Å²) in [6.07, 6.45) is -0.695. The fraction of sp³-hybridized carbons (Fsp3) is 0.364. The second-order valence-electron chi connectivity index (χ2n) is 3.93. The highest BCUT2D eigenvalue weighted by atomic mass is 32.1. The van der Waals surface area contributed by atoms with Crippen molar-refractivity contribution in [1.82, 2.24) is 10.2 Å². The summed E-state index contributed by atoms with van der Waals surface area (Å²) in [7, 11) is 0. The summed E-state index contributed by atoms with van der Waals surface area (Å²) in [5, 5.41) is 19.5. The SMILES string of the molecule is N#Cc1ccc(CN2CCC(NC(=O)O)C2=O)s1. The molecule has 1 unspecified atom stereocenters. The fourth-order valence-electron chi connectivity index (χ4n) is 1.89. The minimum Gasteiger partial charge on any atom is -0.465 e. The third-order valence-corrected chi connectivity index (χ3v) is 3.69. The number of rotatable bonds is 3. The van der Waals surface area contributed by atoms with E-state index in [1.807, 2.05) is 12.1 Å². The molecule has 2 amide bonds. The Kier molecular flexibility index (Phi) is 3.48. The molecule has 1 aliphatic rings. The number of nitriles is 1. The summed E-state index contributed by atoms with van der Waals surface area (Å²) in [6.45, 7) is 0.965. The number of carbonyl (C=O) groups is 2. The van der Waals surface area contributed by atoms with Crippen LogP contribution in [0.3, 0.4) is 0 Å². The van der Waals surface area contributed by atoms with E-state index in [2.05, 4.69) is 5.32 Å². The Morgan fingerprint density at radius 3 is 3.06 bits per heavy atom. The van der Waals surface area contributed by atoms with E-state index in [1.54, 1.807) is 11.0 Å². The quantitative estimate of drug-likeness (QED) is 0.852. The molecule has 94 valence electrons. The maximum absolute atomic E-state index is 11.9. The summed E-state index contributed by atoms with van der Waals surface area (Å²) >= 11 is 1.35. The van der Waals surface area contributed by atoms with Crippen LogP contribution in [0.15, 0.2) is 12.1 Å². The van der Waals surface area contributed by atoms with Crippen molar-refractivity contribution in [3.63, 3.8) is 0 Å². The molecule has 1 saturated heterocycles. The van der Waals surface area contributed by atoms with E-state index in [0.717, 1.165) is 4.88 Å². The van der Waals surface area contributed by atoms with Gasteiger partial charge in [-0.15, -0.1) is 11.3 Å². The van der Waals surface area contributed by atoms with Gasteiger partial charge in [0, 0.05) is 11.4 Å². The molecule has 0 radical (unpaired) electrons. The van der Waals surface area contributed by atoms with Crippen LogP contribution in [0, 0.1) is 11.3 Å². The molecule has 0 aromatic carbocycles. The second-order valence-corrected chi connectivity index (χ2v) is 5.10. The van der Waals surface area contributed by atoms with Crippen LogP contribution >= 0.6 is 11.3 Å². The molecule has 18 heavy (non-hydrogen) atoms. The van der Waals surface area contributed by atoms with E-state index < -0.39 is 12.1 Å². The van der Waals surface area contributed by atoms with Crippen LogP contribution in [-0.4, -0.2) is 34.6 Å². The Hall–Kier alpha value is -2.07. The van der Waals surface area contributed by atoms with Gasteiger partial charge < -0.3 is 15.3 Å². The highest BCUT2D eigenvalue weighted by Crippen LogP contribution is 2.20. The first kappa shape index (κ1) is 12.4. The van der Waals surface area contributed by atoms with Crippen LogP contribution in [0.1, 0.15) is 16.2 Å². The average Bonchev–Trinajstić information content (AvgIpc) is 2.90. The molecule has 1 aromatic heterocycles. The Bertz CT molecular complexity index is 520. The van der Waals surface area contributed by atoms with E-state index in [9.17, 15) is 9.59 Å². The lowest BCUT2D eigenvalue weighted by Crippen LogP contribution is -2.40. The lowest BCUT2D eigenvalue weighted by molar-refractivity contribution is -0.129. The Labute approximate surface area is 107 Å². The first-order valence-corrected chi connectivity index (χ1v) is 6.19. The van der Waals surface area contributed by atoms with E-state index in [-0.39, 0.29) is 5.91 Å². The van der Waals surface area contributed by atoms with Gasteiger partial charge in [0.2, 0.25) is 5.91 Å². The average molecular weight is 265 g/mol. The van der Waals surface area contributed by atoms with Crippen LogP contribution in [0.4, 0.5) is 4.79 Å². The maximum Gasteiger partial charge on any atom is 0.405 e. The zero-order valence-electron chi connectivity index (χ0n) is 9.42. The molecule has 1 fully saturated rings. The number of thiophene rings is 1. The summed E-state index contributed by atoms with van der Waals surface area (Å²) < 4.78 is 0. The first-order valence-electron chi connectivity index (χ1n) is 5.37. The molecule has 1 aliphatic heterocycles. The Balaban J connectivity index is 1.97. The van der Waals surface area contributed by atoms with Crippen molar-refractivity contribution in [1.29, 1.82) is 5.26 Å². The minimum atomic E-state index is -1.18. The molecule has 1 atom stereocenters. The van der Waals surface area contributed by atoms with Gasteiger partial charge in [0.15, 0.2) is 0 Å². The van der Waals surface area contributed by atoms with Gasteiger partial charge in [0.1, 0.15) is 17.0 Å². The van der Waals surface area contributed by atoms with Gasteiger partial charge in [0.25, 0.3) is 0 Å². The number of hydrogen-bond acceptors (Lipinski definition) is 4. The van der Waals surface area contributed by atoms with Crippen LogP contribution < -0.4 is 5.32 Å². The van der Waals surface area contributed by atoms with Crippen molar-refractivity contribution < 1.29 is 14.7 Å². The van der Waals surface area contributed by atoms with Crippen molar-refractivity contribution in [3.8, 4) is 6.07 Å². The molecule has 2 heterocycles. The standard InChI is InChI=1S/C11H11N3O3S/c12-5-7-1-2-8(18-7)6-14-4-3-9(10(14)15)13-11(16)17/h1-2,9,13H,3-4,6H2,(H,16,17). The molecular formula is C11H11N3O3S. The van der Waals surface area contributed by atoms with E-state index in [4.69, 9.17) is 10.4 Å². The van der Waals surface area contributed by atoms with Crippen LogP contribution in [0.25, 0.3) is 0 Å². The molecule has 7 heteroatoms. The molecule has 1 aromatic rings. The van der Waals surface area contributed by atoms with Gasteiger partial charge in [-0.1, -0.05) is 0 Å². The molecule has 0 spiro atoms. The number of carboxylic acid groups (broad SMARTS) is 1. The van der Waals surface area contributed by atoms with Gasteiger partial charge in [-0.2, -0.15) is 5.26 Å². The zero-order valence-corrected chi connectivity index (χ0v) is 10.2. The molecule has 2 rings (SSSR count). The Morgan fingerprint density at radius 1 is 1.67 bits per heavy atom. The molecular weight excluding hydrogens is 254 g/mol. The highest BCUT2D eigenvalue weighted by Gasteiger charge is 2.32. The predicted octanol–water partition coefficient (Wildman–Crippen LogP) is 0.988. The van der Waals surface area contributed by atoms with Gasteiger partial charge in [-0.3, -0.25) is 4.79 Å². The van der Waals surface area contributed by atoms with Gasteiger partial charge in [0.05, 0.1) is 6.54 Å². The minimum absolute atomic E-state index is 0.204. The van der Waals surface area contributed by atoms with Crippen molar-refractivity contribution in [2.75, 3.05) is 6.54 Å². The number of amides is 2. The maximum atomic E-state index is 11.9. The smallest absolute Gasteiger partial charge is 0.405 e. The molecule has 0 aliphatic carbocycles. The molecule has 2 N–H and O–H groups in total.